The molecule has 7 aromatic carbocycles. The number of nitrogens with zero attached hydrogens (tertiary/aromatic N) is 2. The van der Waals surface area contributed by atoms with Gasteiger partial charge in [-0.3, -0.25) is 0 Å². The number of aromatic nitrogens is 2. The second-order valence-electron chi connectivity index (χ2n) is 11.9. The van der Waals surface area contributed by atoms with E-state index in [2.05, 4.69) is 140 Å². The fourth-order valence-corrected chi connectivity index (χ4v) is 6.45. The van der Waals surface area contributed by atoms with Crippen molar-refractivity contribution in [2.24, 2.45) is 0 Å². The number of furan rings is 1. The minimum Gasteiger partial charge on any atom is -0.456 e. The van der Waals surface area contributed by atoms with E-state index in [9.17, 15) is 0 Å². The zero-order valence-corrected chi connectivity index (χ0v) is 25.5. The fourth-order valence-electron chi connectivity index (χ4n) is 6.45. The summed E-state index contributed by atoms with van der Waals surface area (Å²) >= 11 is 0. The molecule has 2 aromatic heterocycles. The van der Waals surface area contributed by atoms with Gasteiger partial charge in [0.2, 0.25) is 0 Å². The number of hydrogen-bond acceptors (Lipinski definition) is 3. The summed E-state index contributed by atoms with van der Waals surface area (Å²) in [6.45, 7) is 0. The molecule has 0 spiro atoms. The molecule has 0 aliphatic carbocycles. The lowest BCUT2D eigenvalue weighted by Gasteiger charge is -2.13. The molecule has 0 radical (unpaired) electrons. The van der Waals surface area contributed by atoms with Crippen molar-refractivity contribution in [2.75, 3.05) is 0 Å². The molecule has 0 aliphatic heterocycles. The highest BCUT2D eigenvalue weighted by molar-refractivity contribution is 6.06. The normalized spacial score (nSPS) is 11.4. The van der Waals surface area contributed by atoms with E-state index in [1.54, 1.807) is 0 Å². The number of benzene rings is 7. The van der Waals surface area contributed by atoms with Crippen LogP contribution in [0.3, 0.4) is 0 Å². The lowest BCUT2D eigenvalue weighted by molar-refractivity contribution is 0.669. The van der Waals surface area contributed by atoms with Gasteiger partial charge in [-0.2, -0.15) is 0 Å². The molecule has 0 bridgehead atoms. The van der Waals surface area contributed by atoms with Gasteiger partial charge in [-0.25, -0.2) is 9.97 Å². The van der Waals surface area contributed by atoms with Crippen molar-refractivity contribution in [2.45, 2.75) is 0 Å². The molecule has 3 heteroatoms. The van der Waals surface area contributed by atoms with Crippen molar-refractivity contribution in [3.63, 3.8) is 0 Å². The SMILES string of the molecule is c1ccc(-c2cc(-c3ccc4oc5ccccc5c4c3)cc(-c3cc(-c4ccc5ccccc5c4)nc(-c4ccccc4)n3)c2)cc1. The lowest BCUT2D eigenvalue weighted by atomic mass is 9.94. The van der Waals surface area contributed by atoms with Gasteiger partial charge in [0.1, 0.15) is 11.2 Å². The third kappa shape index (κ3) is 5.04. The Morgan fingerprint density at radius 1 is 0.319 bits per heavy atom. The highest BCUT2D eigenvalue weighted by atomic mass is 16.3. The molecule has 0 amide bonds. The van der Waals surface area contributed by atoms with Crippen molar-refractivity contribution in [3.05, 3.63) is 170 Å². The maximum Gasteiger partial charge on any atom is 0.160 e. The van der Waals surface area contributed by atoms with Crippen LogP contribution in [0.4, 0.5) is 0 Å². The number of hydrogen-bond donors (Lipinski definition) is 0. The van der Waals surface area contributed by atoms with Gasteiger partial charge < -0.3 is 4.42 Å². The second-order valence-corrected chi connectivity index (χ2v) is 11.9. The van der Waals surface area contributed by atoms with Gasteiger partial charge in [0.25, 0.3) is 0 Å². The Hall–Kier alpha value is -6.32. The molecule has 47 heavy (non-hydrogen) atoms. The van der Waals surface area contributed by atoms with Crippen LogP contribution in [0, 0.1) is 0 Å². The minimum atomic E-state index is 0.698. The molecular weight excluding hydrogens is 572 g/mol. The molecule has 0 aliphatic rings. The van der Waals surface area contributed by atoms with Crippen molar-refractivity contribution in [1.82, 2.24) is 9.97 Å². The Kier molecular flexibility index (Phi) is 6.46. The zero-order chi connectivity index (χ0) is 31.2. The van der Waals surface area contributed by atoms with Gasteiger partial charge in [-0.15, -0.1) is 0 Å². The maximum atomic E-state index is 6.15. The summed E-state index contributed by atoms with van der Waals surface area (Å²) in [6, 6.07) is 59.3. The highest BCUT2D eigenvalue weighted by Crippen LogP contribution is 2.37. The number of para-hydroxylation sites is 1. The van der Waals surface area contributed by atoms with Crippen molar-refractivity contribution < 1.29 is 4.42 Å². The molecule has 2 heterocycles. The van der Waals surface area contributed by atoms with Crippen molar-refractivity contribution >= 4 is 32.7 Å². The fraction of sp³-hybridized carbons (Fsp3) is 0. The predicted molar refractivity (Wildman–Crippen MR) is 194 cm³/mol. The highest BCUT2D eigenvalue weighted by Gasteiger charge is 2.15. The van der Waals surface area contributed by atoms with Crippen molar-refractivity contribution in [3.8, 4) is 56.2 Å². The summed E-state index contributed by atoms with van der Waals surface area (Å²) in [4.78, 5) is 10.3. The molecule has 3 nitrogen and oxygen atoms in total. The Balaban J connectivity index is 1.26. The summed E-state index contributed by atoms with van der Waals surface area (Å²) in [6.07, 6.45) is 0. The molecule has 9 aromatic rings. The Labute approximate surface area is 272 Å². The van der Waals surface area contributed by atoms with Crippen molar-refractivity contribution in [1.29, 1.82) is 0 Å². The zero-order valence-electron chi connectivity index (χ0n) is 25.5. The monoisotopic (exact) mass is 600 g/mol. The number of rotatable bonds is 5. The quantitative estimate of drug-likeness (QED) is 0.197. The smallest absolute Gasteiger partial charge is 0.160 e. The third-order valence-corrected chi connectivity index (χ3v) is 8.85. The standard InChI is InChI=1S/C44H28N2O/c1-3-11-29(12-4-1)35-24-36(33-21-22-43-39(27-33)38-17-9-10-18-42(38)47-43)26-37(25-35)41-28-40(45-44(46-41)31-14-5-2-6-15-31)34-20-19-30-13-7-8-16-32(30)23-34/h1-28H. The largest absolute Gasteiger partial charge is 0.456 e. The topological polar surface area (TPSA) is 38.9 Å². The van der Waals surface area contributed by atoms with E-state index in [1.807, 2.05) is 30.3 Å². The second kappa shape index (κ2) is 11.2. The third-order valence-electron chi connectivity index (χ3n) is 8.85. The Morgan fingerprint density at radius 2 is 0.915 bits per heavy atom. The molecular formula is C44H28N2O. The Morgan fingerprint density at radius 3 is 1.72 bits per heavy atom. The average Bonchev–Trinajstić information content (AvgIpc) is 3.53. The van der Waals surface area contributed by atoms with Crippen LogP contribution in [0.2, 0.25) is 0 Å². The molecule has 0 saturated carbocycles. The van der Waals surface area contributed by atoms with Crippen LogP contribution >= 0.6 is 0 Å². The van der Waals surface area contributed by atoms with Gasteiger partial charge in [-0.05, 0) is 81.6 Å². The molecule has 0 unspecified atom stereocenters. The predicted octanol–water partition coefficient (Wildman–Crippen LogP) is 11.9. The summed E-state index contributed by atoms with van der Waals surface area (Å²) in [7, 11) is 0. The summed E-state index contributed by atoms with van der Waals surface area (Å²) in [5.41, 5.74) is 11.1. The minimum absolute atomic E-state index is 0.698. The summed E-state index contributed by atoms with van der Waals surface area (Å²) in [5.74, 6) is 0.698. The average molecular weight is 601 g/mol. The van der Waals surface area contributed by atoms with Gasteiger partial charge >= 0.3 is 0 Å². The first-order valence-electron chi connectivity index (χ1n) is 15.8. The van der Waals surface area contributed by atoms with E-state index in [-0.39, 0.29) is 0 Å². The van der Waals surface area contributed by atoms with Crippen LogP contribution in [0.25, 0.3) is 88.9 Å². The van der Waals surface area contributed by atoms with E-state index in [0.717, 1.165) is 72.3 Å². The van der Waals surface area contributed by atoms with E-state index in [4.69, 9.17) is 14.4 Å². The molecule has 0 N–H and O–H groups in total. The first-order chi connectivity index (χ1) is 23.2. The van der Waals surface area contributed by atoms with Crippen LogP contribution < -0.4 is 0 Å². The van der Waals surface area contributed by atoms with Crippen LogP contribution in [0.1, 0.15) is 0 Å². The van der Waals surface area contributed by atoms with Crippen LogP contribution in [0.5, 0.6) is 0 Å². The van der Waals surface area contributed by atoms with Gasteiger partial charge in [0.15, 0.2) is 5.82 Å². The summed E-state index contributed by atoms with van der Waals surface area (Å²) in [5, 5.41) is 4.61. The van der Waals surface area contributed by atoms with E-state index in [0.29, 0.717) is 5.82 Å². The van der Waals surface area contributed by atoms with E-state index in [1.165, 1.54) is 10.8 Å². The first-order valence-corrected chi connectivity index (χ1v) is 15.8. The van der Waals surface area contributed by atoms with Crippen LogP contribution in [0.15, 0.2) is 174 Å². The molecule has 220 valence electrons. The molecule has 0 atom stereocenters. The Bertz CT molecular complexity index is 2570. The van der Waals surface area contributed by atoms with Gasteiger partial charge in [0, 0.05) is 27.5 Å². The van der Waals surface area contributed by atoms with Crippen LogP contribution in [-0.4, -0.2) is 9.97 Å². The van der Waals surface area contributed by atoms with E-state index >= 15 is 0 Å². The summed E-state index contributed by atoms with van der Waals surface area (Å²) < 4.78 is 6.15. The van der Waals surface area contributed by atoms with Crippen LogP contribution in [-0.2, 0) is 0 Å². The first kappa shape index (κ1) is 27.0. The van der Waals surface area contributed by atoms with Gasteiger partial charge in [-0.1, -0.05) is 121 Å². The molecule has 0 fully saturated rings. The van der Waals surface area contributed by atoms with E-state index < -0.39 is 0 Å². The molecule has 0 saturated heterocycles. The molecule has 9 rings (SSSR count). The lowest BCUT2D eigenvalue weighted by Crippen LogP contribution is -1.96. The van der Waals surface area contributed by atoms with Gasteiger partial charge in [0.05, 0.1) is 11.4 Å². The number of fused-ring (bicyclic) bond motifs is 4. The maximum absolute atomic E-state index is 6.15.